The molecule has 4 aliphatic rings. The van der Waals surface area contributed by atoms with E-state index in [2.05, 4.69) is 254 Å². The number of allylic oxidation sites excluding steroid dienone is 17. The van der Waals surface area contributed by atoms with Crippen molar-refractivity contribution in [3.8, 4) is 46.6 Å². The second kappa shape index (κ2) is 26.3. The monoisotopic (exact) mass is 1160 g/mol. The van der Waals surface area contributed by atoms with Gasteiger partial charge in [0.05, 0.1) is 0 Å². The van der Waals surface area contributed by atoms with Gasteiger partial charge in [-0.15, -0.1) is 0 Å². The Kier molecular flexibility index (Phi) is 16.5. The summed E-state index contributed by atoms with van der Waals surface area (Å²) in [5.41, 5.74) is 26.4. The van der Waals surface area contributed by atoms with Crippen LogP contribution in [0.4, 0.5) is 0 Å². The van der Waals surface area contributed by atoms with Crippen LogP contribution in [-0.4, -0.2) is 5.78 Å². The zero-order valence-electron chi connectivity index (χ0n) is 50.5. The molecule has 4 aliphatic carbocycles. The molecular formula is C90H62O. The Hall–Kier alpha value is -11.8. The first kappa shape index (κ1) is 57.0. The third-order valence-corrected chi connectivity index (χ3v) is 17.2. The van der Waals surface area contributed by atoms with E-state index in [9.17, 15) is 0 Å². The van der Waals surface area contributed by atoms with Crippen LogP contribution in [-0.2, 0) is 11.2 Å². The fourth-order valence-corrected chi connectivity index (χ4v) is 12.7. The Morgan fingerprint density at radius 2 is 0.703 bits per heavy atom. The number of ketones is 1. The molecule has 0 aromatic heterocycles. The molecule has 0 saturated heterocycles. The van der Waals surface area contributed by atoms with Crippen molar-refractivity contribution >= 4 is 44.8 Å². The van der Waals surface area contributed by atoms with Crippen LogP contribution in [0.15, 0.2) is 338 Å². The smallest absolute Gasteiger partial charge is 0.195 e. The molecule has 0 saturated carbocycles. The van der Waals surface area contributed by atoms with Gasteiger partial charge in [-0.3, -0.25) is 4.79 Å². The molecular weight excluding hydrogens is 1100 g/mol. The molecule has 10 aromatic carbocycles. The van der Waals surface area contributed by atoms with E-state index >= 15 is 4.79 Å². The summed E-state index contributed by atoms with van der Waals surface area (Å²) in [5.74, 6) is 20.4. The van der Waals surface area contributed by atoms with Crippen molar-refractivity contribution < 1.29 is 4.79 Å². The van der Waals surface area contributed by atoms with Crippen LogP contribution in [0.5, 0.6) is 0 Å². The van der Waals surface area contributed by atoms with E-state index in [1.54, 1.807) is 0 Å². The van der Waals surface area contributed by atoms with Gasteiger partial charge in [-0.25, -0.2) is 0 Å². The Balaban J connectivity index is 0.829. The van der Waals surface area contributed by atoms with Crippen molar-refractivity contribution in [2.45, 2.75) is 25.7 Å². The van der Waals surface area contributed by atoms with Crippen LogP contribution in [0.25, 0.3) is 50.1 Å². The number of hydrogen-bond donors (Lipinski definition) is 0. The van der Waals surface area contributed by atoms with Crippen LogP contribution >= 0.6 is 0 Å². The first-order chi connectivity index (χ1) is 45.0. The minimum absolute atomic E-state index is 0.00680. The van der Waals surface area contributed by atoms with Gasteiger partial charge in [-0.1, -0.05) is 303 Å². The van der Waals surface area contributed by atoms with Gasteiger partial charge in [0.25, 0.3) is 0 Å². The molecule has 91 heavy (non-hydrogen) atoms. The van der Waals surface area contributed by atoms with E-state index in [0.717, 1.165) is 135 Å². The summed E-state index contributed by atoms with van der Waals surface area (Å²) in [6.45, 7) is 4.93. The van der Waals surface area contributed by atoms with Gasteiger partial charge in [0.15, 0.2) is 5.78 Å². The third kappa shape index (κ3) is 12.4. The van der Waals surface area contributed by atoms with Crippen molar-refractivity contribution in [3.63, 3.8) is 0 Å². The first-order valence-electron chi connectivity index (χ1n) is 31.3. The molecule has 10 aromatic rings. The summed E-state index contributed by atoms with van der Waals surface area (Å²) in [7, 11) is 0. The van der Waals surface area contributed by atoms with E-state index in [4.69, 9.17) is 6.58 Å². The Morgan fingerprint density at radius 1 is 0.330 bits per heavy atom. The average molecular weight is 1160 g/mol. The molecule has 0 spiro atoms. The zero-order chi connectivity index (χ0) is 61.3. The molecule has 0 radical (unpaired) electrons. The summed E-state index contributed by atoms with van der Waals surface area (Å²) in [4.78, 5) is 15.5. The number of rotatable bonds is 11. The van der Waals surface area contributed by atoms with Gasteiger partial charge in [0, 0.05) is 56.0 Å². The SMILES string of the molecule is C=C1C(c2ccccc2)=C(c2ccc(C#CC3=CCCC=C3)cc2)C(c2ccc(Cc3ccc(C4=C(C5=CCC(C#Cc6ccccc6)C=C5)C(=O)C(c5ccccc5)=C4c4ccc(C#Cc5ccccc5)cc4)cc3)cc2)=C1c1ccc(-c2ccccc2)cc1. The minimum atomic E-state index is 0.00680. The maximum absolute atomic E-state index is 15.5. The lowest BCUT2D eigenvalue weighted by Gasteiger charge is -2.17. The second-order valence-electron chi connectivity index (χ2n) is 23.2. The normalized spacial score (nSPS) is 15.1. The molecule has 0 amide bonds. The number of benzene rings is 10. The topological polar surface area (TPSA) is 17.1 Å². The Labute approximate surface area is 535 Å². The lowest BCUT2D eigenvalue weighted by atomic mass is 9.86. The molecule has 0 heterocycles. The number of hydrogen-bond acceptors (Lipinski definition) is 1. The van der Waals surface area contributed by atoms with Crippen molar-refractivity contribution in [3.05, 3.63) is 411 Å². The van der Waals surface area contributed by atoms with E-state index in [-0.39, 0.29) is 11.7 Å². The largest absolute Gasteiger partial charge is 0.289 e. The highest BCUT2D eigenvalue weighted by atomic mass is 16.1. The molecule has 1 heteroatoms. The van der Waals surface area contributed by atoms with Crippen molar-refractivity contribution in [2.75, 3.05) is 0 Å². The fourth-order valence-electron chi connectivity index (χ4n) is 12.7. The summed E-state index contributed by atoms with van der Waals surface area (Å²) in [6.07, 6.45) is 16.5. The third-order valence-electron chi connectivity index (χ3n) is 17.2. The van der Waals surface area contributed by atoms with Crippen molar-refractivity contribution in [1.82, 2.24) is 0 Å². The van der Waals surface area contributed by atoms with E-state index in [1.807, 2.05) is 91.0 Å². The summed E-state index contributed by atoms with van der Waals surface area (Å²) < 4.78 is 0. The van der Waals surface area contributed by atoms with Crippen LogP contribution in [0, 0.1) is 41.4 Å². The maximum Gasteiger partial charge on any atom is 0.195 e. The zero-order valence-corrected chi connectivity index (χ0v) is 50.5. The summed E-state index contributed by atoms with van der Waals surface area (Å²) in [5, 5.41) is 0. The summed E-state index contributed by atoms with van der Waals surface area (Å²) in [6, 6.07) is 95.6. The highest BCUT2D eigenvalue weighted by Gasteiger charge is 2.37. The predicted molar refractivity (Wildman–Crippen MR) is 379 cm³/mol. The van der Waals surface area contributed by atoms with Crippen molar-refractivity contribution in [2.24, 2.45) is 5.92 Å². The fraction of sp³-hybridized carbons (Fsp3) is 0.0556. The van der Waals surface area contributed by atoms with Gasteiger partial charge in [-0.2, -0.15) is 0 Å². The standard InChI is InChI=1S/C90H62O/c1-63-82(74-28-16-6-17-29-74)84(77-48-38-67(39-49-77)35-32-64-20-8-2-9-21-64)85(83(63)76-60-58-73(59-61-76)72-26-14-5-15-27-72)78-54-44-70(45-55-78)62-71-46-56-80(57-47-71)87-86(79-50-40-68(41-51-79)36-33-65-22-10-3-11-23-65)88(75-30-18-7-19-31-75)90(91)89(87)81-52-42-69(43-53-81)37-34-66-24-12-4-13-25-66/h3-8,10-31,38-42,44-61,69H,1-2,9,43,62H2. The van der Waals surface area contributed by atoms with Crippen LogP contribution < -0.4 is 0 Å². The molecule has 0 bridgehead atoms. The van der Waals surface area contributed by atoms with Gasteiger partial charge >= 0.3 is 0 Å². The van der Waals surface area contributed by atoms with E-state index < -0.39 is 0 Å². The molecule has 14 rings (SSSR count). The lowest BCUT2D eigenvalue weighted by Crippen LogP contribution is -2.07. The van der Waals surface area contributed by atoms with E-state index in [1.165, 1.54) is 11.1 Å². The maximum atomic E-state index is 15.5. The highest BCUT2D eigenvalue weighted by Crippen LogP contribution is 2.55. The van der Waals surface area contributed by atoms with E-state index in [0.29, 0.717) is 24.0 Å². The first-order valence-corrected chi connectivity index (χ1v) is 31.3. The molecule has 1 nitrogen and oxygen atoms in total. The molecule has 1 unspecified atom stereocenters. The highest BCUT2D eigenvalue weighted by molar-refractivity contribution is 6.48. The van der Waals surface area contributed by atoms with Crippen LogP contribution in [0.2, 0.25) is 0 Å². The minimum Gasteiger partial charge on any atom is -0.289 e. The number of Topliss-reactive ketones (excluding diaryl/α,β-unsaturated/α-hetero) is 1. The second-order valence-corrected chi connectivity index (χ2v) is 23.2. The Morgan fingerprint density at radius 3 is 1.19 bits per heavy atom. The van der Waals surface area contributed by atoms with Gasteiger partial charge in [0.1, 0.15) is 0 Å². The Bertz CT molecular complexity index is 4890. The molecule has 428 valence electrons. The number of carbonyl (C=O) groups excluding carboxylic acids is 1. The molecule has 1 atom stereocenters. The van der Waals surface area contributed by atoms with Crippen LogP contribution in [0.1, 0.15) is 91.6 Å². The summed E-state index contributed by atoms with van der Waals surface area (Å²) >= 11 is 0. The van der Waals surface area contributed by atoms with Gasteiger partial charge in [0.2, 0.25) is 0 Å². The average Bonchev–Trinajstić information content (AvgIpc) is 1.61. The van der Waals surface area contributed by atoms with Gasteiger partial charge in [-0.05, 0) is 169 Å². The van der Waals surface area contributed by atoms with Crippen LogP contribution in [0.3, 0.4) is 0 Å². The number of carbonyl (C=O) groups is 1. The quantitative estimate of drug-likeness (QED) is 0.118. The van der Waals surface area contributed by atoms with Gasteiger partial charge < -0.3 is 0 Å². The molecule has 0 N–H and O–H groups in total. The molecule has 0 aliphatic heterocycles. The predicted octanol–water partition coefficient (Wildman–Crippen LogP) is 20.6. The lowest BCUT2D eigenvalue weighted by molar-refractivity contribution is -0.110. The van der Waals surface area contributed by atoms with Crippen molar-refractivity contribution in [1.29, 1.82) is 0 Å². The molecule has 0 fully saturated rings.